The zero-order valence-corrected chi connectivity index (χ0v) is 12.7. The van der Waals surface area contributed by atoms with Crippen molar-refractivity contribution in [3.05, 3.63) is 29.3 Å². The van der Waals surface area contributed by atoms with Gasteiger partial charge in [-0.15, -0.1) is 0 Å². The minimum absolute atomic E-state index is 0.0463. The summed E-state index contributed by atoms with van der Waals surface area (Å²) in [6, 6.07) is 1.85. The summed E-state index contributed by atoms with van der Waals surface area (Å²) in [5.74, 6) is -2.00. The topological polar surface area (TPSA) is 26.3 Å². The number of halogens is 2. The number of ketones is 1. The van der Waals surface area contributed by atoms with Crippen molar-refractivity contribution in [1.29, 1.82) is 0 Å². The number of Topliss-reactive ketones (excluding diaryl/α,β-unsaturated/α-hetero) is 1. The second kappa shape index (κ2) is 5.95. The van der Waals surface area contributed by atoms with Crippen LogP contribution in [0.2, 0.25) is 0 Å². The Kier molecular flexibility index (Phi) is 4.20. The zero-order valence-electron chi connectivity index (χ0n) is 11.9. The molecule has 2 nitrogen and oxygen atoms in total. The largest absolute Gasteiger partial charge is 0.493 e. The number of benzene rings is 1. The maximum atomic E-state index is 13.7. The van der Waals surface area contributed by atoms with Crippen molar-refractivity contribution in [1.82, 2.24) is 0 Å². The monoisotopic (exact) mass is 312 g/mol. The van der Waals surface area contributed by atoms with Gasteiger partial charge in [0.25, 0.3) is 0 Å². The second-order valence-corrected chi connectivity index (χ2v) is 7.42. The highest BCUT2D eigenvalue weighted by molar-refractivity contribution is 8.00. The molecule has 0 amide bonds. The summed E-state index contributed by atoms with van der Waals surface area (Å²) in [6.07, 6.45) is 5.11. The van der Waals surface area contributed by atoms with E-state index in [4.69, 9.17) is 4.74 Å². The van der Waals surface area contributed by atoms with Crippen molar-refractivity contribution in [2.45, 2.75) is 42.6 Å². The predicted molar refractivity (Wildman–Crippen MR) is 79.0 cm³/mol. The molecule has 2 bridgehead atoms. The van der Waals surface area contributed by atoms with Gasteiger partial charge in [-0.1, -0.05) is 6.42 Å². The lowest BCUT2D eigenvalue weighted by molar-refractivity contribution is 0.0892. The van der Waals surface area contributed by atoms with Crippen molar-refractivity contribution >= 4 is 17.5 Å². The fourth-order valence-corrected chi connectivity index (χ4v) is 5.28. The smallest absolute Gasteiger partial charge is 0.169 e. The quantitative estimate of drug-likeness (QED) is 0.782. The van der Waals surface area contributed by atoms with Crippen molar-refractivity contribution in [2.24, 2.45) is 5.92 Å². The fraction of sp³-hybridized carbons (Fsp3) is 0.562. The van der Waals surface area contributed by atoms with E-state index in [-0.39, 0.29) is 23.0 Å². The summed E-state index contributed by atoms with van der Waals surface area (Å²) in [5.41, 5.74) is 0.0463. The number of thioether (sulfide) groups is 1. The SMILES string of the molecule is COc1c(F)cc(F)cc1C(=O)C1CC2CCCC(C1)S2. The van der Waals surface area contributed by atoms with Gasteiger partial charge in [-0.3, -0.25) is 4.79 Å². The Morgan fingerprint density at radius 2 is 1.90 bits per heavy atom. The van der Waals surface area contributed by atoms with E-state index in [2.05, 4.69) is 0 Å². The molecule has 0 N–H and O–H groups in total. The molecular weight excluding hydrogens is 294 g/mol. The molecule has 1 aromatic rings. The first-order valence-corrected chi connectivity index (χ1v) is 8.25. The number of hydrogen-bond donors (Lipinski definition) is 0. The highest BCUT2D eigenvalue weighted by Gasteiger charge is 2.37. The Balaban J connectivity index is 1.88. The Morgan fingerprint density at radius 3 is 2.52 bits per heavy atom. The summed E-state index contributed by atoms with van der Waals surface area (Å²) in [5, 5.41) is 1.02. The standard InChI is InChI=1S/C16H18F2O2S/c1-20-16-13(7-10(17)8-14(16)18)15(19)9-5-11-3-2-4-12(6-9)21-11/h7-9,11-12H,2-6H2,1H3. The van der Waals surface area contributed by atoms with Crippen molar-refractivity contribution < 1.29 is 18.3 Å². The molecule has 0 radical (unpaired) electrons. The molecule has 2 aliphatic heterocycles. The van der Waals surface area contributed by atoms with Crippen LogP contribution < -0.4 is 4.74 Å². The van der Waals surface area contributed by atoms with Crippen LogP contribution in [0, 0.1) is 17.6 Å². The second-order valence-electron chi connectivity index (χ2n) is 5.81. The van der Waals surface area contributed by atoms with E-state index in [1.165, 1.54) is 13.5 Å². The van der Waals surface area contributed by atoms with Gasteiger partial charge in [0.05, 0.1) is 12.7 Å². The number of carbonyl (C=O) groups is 1. The van der Waals surface area contributed by atoms with E-state index in [1.54, 1.807) is 0 Å². The number of carbonyl (C=O) groups excluding carboxylic acids is 1. The summed E-state index contributed by atoms with van der Waals surface area (Å²) in [6.45, 7) is 0. The third kappa shape index (κ3) is 2.93. The van der Waals surface area contributed by atoms with Gasteiger partial charge in [0.15, 0.2) is 17.3 Å². The van der Waals surface area contributed by atoms with E-state index < -0.39 is 11.6 Å². The van der Waals surface area contributed by atoms with Gasteiger partial charge in [-0.05, 0) is 31.7 Å². The molecule has 2 fully saturated rings. The van der Waals surface area contributed by atoms with Crippen LogP contribution in [0.3, 0.4) is 0 Å². The van der Waals surface area contributed by atoms with Crippen LogP contribution in [-0.2, 0) is 0 Å². The molecule has 0 aliphatic carbocycles. The van der Waals surface area contributed by atoms with Crippen molar-refractivity contribution in [3.8, 4) is 5.75 Å². The third-order valence-electron chi connectivity index (χ3n) is 4.38. The lowest BCUT2D eigenvalue weighted by Gasteiger charge is -2.38. The van der Waals surface area contributed by atoms with Crippen LogP contribution in [0.4, 0.5) is 8.78 Å². The molecule has 3 rings (SSSR count). The average Bonchev–Trinajstić information content (AvgIpc) is 2.45. The average molecular weight is 312 g/mol. The molecule has 0 aromatic heterocycles. The maximum Gasteiger partial charge on any atom is 0.169 e. The minimum Gasteiger partial charge on any atom is -0.493 e. The first-order valence-electron chi connectivity index (χ1n) is 7.31. The Bertz CT molecular complexity index is 549. The summed E-state index contributed by atoms with van der Waals surface area (Å²) in [4.78, 5) is 12.7. The van der Waals surface area contributed by atoms with Gasteiger partial charge in [0.1, 0.15) is 5.82 Å². The van der Waals surface area contributed by atoms with E-state index in [9.17, 15) is 13.6 Å². The van der Waals surface area contributed by atoms with E-state index >= 15 is 0 Å². The van der Waals surface area contributed by atoms with Crippen LogP contribution in [0.15, 0.2) is 12.1 Å². The third-order valence-corrected chi connectivity index (χ3v) is 6.01. The Morgan fingerprint density at radius 1 is 1.24 bits per heavy atom. The van der Waals surface area contributed by atoms with Gasteiger partial charge >= 0.3 is 0 Å². The zero-order chi connectivity index (χ0) is 15.0. The lowest BCUT2D eigenvalue weighted by atomic mass is 9.84. The van der Waals surface area contributed by atoms with E-state index in [0.29, 0.717) is 10.5 Å². The fourth-order valence-electron chi connectivity index (χ4n) is 3.44. The molecule has 1 aromatic carbocycles. The van der Waals surface area contributed by atoms with Gasteiger partial charge in [0.2, 0.25) is 0 Å². The molecule has 2 saturated heterocycles. The van der Waals surface area contributed by atoms with Gasteiger partial charge in [-0.2, -0.15) is 11.8 Å². The molecule has 2 atom stereocenters. The summed E-state index contributed by atoms with van der Waals surface area (Å²) >= 11 is 1.97. The van der Waals surface area contributed by atoms with Crippen LogP contribution in [0.1, 0.15) is 42.5 Å². The number of rotatable bonds is 3. The summed E-state index contributed by atoms with van der Waals surface area (Å²) < 4.78 is 32.2. The highest BCUT2D eigenvalue weighted by atomic mass is 32.2. The van der Waals surface area contributed by atoms with Crippen LogP contribution >= 0.6 is 11.8 Å². The van der Waals surface area contributed by atoms with Crippen molar-refractivity contribution in [2.75, 3.05) is 7.11 Å². The predicted octanol–water partition coefficient (Wildman–Crippen LogP) is 4.22. The number of ether oxygens (including phenoxy) is 1. The number of fused-ring (bicyclic) bond motifs is 2. The molecule has 21 heavy (non-hydrogen) atoms. The maximum absolute atomic E-state index is 13.7. The molecule has 114 valence electrons. The van der Waals surface area contributed by atoms with Gasteiger partial charge in [-0.25, -0.2) is 8.78 Å². The normalized spacial score (nSPS) is 28.2. The first kappa shape index (κ1) is 14.8. The summed E-state index contributed by atoms with van der Waals surface area (Å²) in [7, 11) is 1.30. The van der Waals surface area contributed by atoms with Crippen LogP contribution in [-0.4, -0.2) is 23.4 Å². The molecule has 2 unspecified atom stereocenters. The van der Waals surface area contributed by atoms with Crippen LogP contribution in [0.5, 0.6) is 5.75 Å². The minimum atomic E-state index is -0.814. The lowest BCUT2D eigenvalue weighted by Crippen LogP contribution is -2.33. The Hall–Kier alpha value is -1.10. The van der Waals surface area contributed by atoms with Gasteiger partial charge in [0, 0.05) is 22.5 Å². The van der Waals surface area contributed by atoms with Crippen molar-refractivity contribution in [3.63, 3.8) is 0 Å². The number of hydrogen-bond acceptors (Lipinski definition) is 3. The Labute approximate surface area is 127 Å². The van der Waals surface area contributed by atoms with Gasteiger partial charge < -0.3 is 4.74 Å². The van der Waals surface area contributed by atoms with E-state index in [1.807, 2.05) is 11.8 Å². The molecule has 2 aliphatic rings. The highest BCUT2D eigenvalue weighted by Crippen LogP contribution is 2.45. The molecule has 5 heteroatoms. The van der Waals surface area contributed by atoms with Crippen LogP contribution in [0.25, 0.3) is 0 Å². The molecule has 2 heterocycles. The molecular formula is C16H18F2O2S. The molecule has 0 spiro atoms. The molecule has 0 saturated carbocycles. The first-order chi connectivity index (χ1) is 10.1. The number of methoxy groups -OCH3 is 1. The van der Waals surface area contributed by atoms with E-state index in [0.717, 1.165) is 37.8 Å².